The number of rotatable bonds is 3. The summed E-state index contributed by atoms with van der Waals surface area (Å²) in [4.78, 5) is 26.5. The number of aryl methyl sites for hydroxylation is 1. The molecule has 2 heterocycles. The molecule has 32 heavy (non-hydrogen) atoms. The van der Waals surface area contributed by atoms with Crippen LogP contribution in [-0.4, -0.2) is 47.0 Å². The molecular formula is C25H25FN4O2. The van der Waals surface area contributed by atoms with E-state index in [-0.39, 0.29) is 23.3 Å². The van der Waals surface area contributed by atoms with Gasteiger partial charge in [0.15, 0.2) is 5.78 Å². The lowest BCUT2D eigenvalue weighted by atomic mass is 9.81. The Kier molecular flexibility index (Phi) is 5.25. The summed E-state index contributed by atoms with van der Waals surface area (Å²) in [5, 5.41) is 10.3. The Morgan fingerprint density at radius 1 is 0.938 bits per heavy atom. The SMILES string of the molecule is Cc1nc(N2CCN(c3ccccc3F)CC2)nc2c1C(=O)CC(c1ccccc1O)C2. The first-order valence-corrected chi connectivity index (χ1v) is 10.9. The van der Waals surface area contributed by atoms with Gasteiger partial charge in [-0.25, -0.2) is 14.4 Å². The van der Waals surface area contributed by atoms with Crippen LogP contribution in [-0.2, 0) is 6.42 Å². The number of carbonyl (C=O) groups excluding carboxylic acids is 1. The molecule has 1 aromatic heterocycles. The number of piperazine rings is 1. The monoisotopic (exact) mass is 432 g/mol. The molecule has 1 aliphatic heterocycles. The van der Waals surface area contributed by atoms with E-state index in [4.69, 9.17) is 4.98 Å². The number of para-hydroxylation sites is 2. The highest BCUT2D eigenvalue weighted by Crippen LogP contribution is 2.37. The number of aromatic hydroxyl groups is 1. The standard InChI is InChI=1S/C25H25FN4O2/c1-16-24-20(14-17(15-23(24)32)18-6-2-5-9-22(18)31)28-25(27-16)30-12-10-29(11-13-30)21-8-4-3-7-19(21)26/h2-9,17,31H,10-15H2,1H3. The lowest BCUT2D eigenvalue weighted by Gasteiger charge is -2.36. The summed E-state index contributed by atoms with van der Waals surface area (Å²) in [6, 6.07) is 14.0. The number of halogens is 1. The molecule has 2 aliphatic rings. The second-order valence-electron chi connectivity index (χ2n) is 8.44. The Morgan fingerprint density at radius 3 is 2.38 bits per heavy atom. The quantitative estimate of drug-likeness (QED) is 0.678. The van der Waals surface area contributed by atoms with Crippen LogP contribution in [0.3, 0.4) is 0 Å². The highest BCUT2D eigenvalue weighted by Gasteiger charge is 2.32. The number of Topliss-reactive ketones (excluding diaryl/α,β-unsaturated/α-hetero) is 1. The van der Waals surface area contributed by atoms with Crippen LogP contribution in [0.2, 0.25) is 0 Å². The maximum absolute atomic E-state index is 14.1. The molecule has 164 valence electrons. The number of phenols is 1. The fraction of sp³-hybridized carbons (Fsp3) is 0.320. The number of benzene rings is 2. The van der Waals surface area contributed by atoms with Crippen molar-refractivity contribution in [3.63, 3.8) is 0 Å². The van der Waals surface area contributed by atoms with E-state index in [0.717, 1.165) is 11.3 Å². The third kappa shape index (κ3) is 3.68. The summed E-state index contributed by atoms with van der Waals surface area (Å²) in [6.07, 6.45) is 0.930. The summed E-state index contributed by atoms with van der Waals surface area (Å²) in [6.45, 7) is 4.53. The highest BCUT2D eigenvalue weighted by atomic mass is 19.1. The Morgan fingerprint density at radius 2 is 1.62 bits per heavy atom. The molecule has 3 aromatic rings. The average molecular weight is 432 g/mol. The van der Waals surface area contributed by atoms with Gasteiger partial charge in [0.1, 0.15) is 11.6 Å². The molecule has 0 bridgehead atoms. The molecule has 0 radical (unpaired) electrons. The predicted octanol–water partition coefficient (Wildman–Crippen LogP) is 3.87. The zero-order valence-electron chi connectivity index (χ0n) is 18.0. The first-order valence-electron chi connectivity index (χ1n) is 10.9. The van der Waals surface area contributed by atoms with Crippen LogP contribution in [0.1, 0.15) is 39.6 Å². The van der Waals surface area contributed by atoms with E-state index in [0.29, 0.717) is 61.9 Å². The number of carbonyl (C=O) groups is 1. The average Bonchev–Trinajstić information content (AvgIpc) is 2.79. The molecule has 1 unspecified atom stereocenters. The fourth-order valence-corrected chi connectivity index (χ4v) is 4.81. The number of ketones is 1. The van der Waals surface area contributed by atoms with Gasteiger partial charge in [-0.3, -0.25) is 4.79 Å². The van der Waals surface area contributed by atoms with Crippen molar-refractivity contribution >= 4 is 17.4 Å². The van der Waals surface area contributed by atoms with Gasteiger partial charge in [-0.15, -0.1) is 0 Å². The second kappa shape index (κ2) is 8.22. The van der Waals surface area contributed by atoms with Crippen LogP contribution in [0, 0.1) is 12.7 Å². The number of nitrogens with zero attached hydrogens (tertiary/aromatic N) is 4. The van der Waals surface area contributed by atoms with Gasteiger partial charge in [0.05, 0.1) is 22.6 Å². The highest BCUT2D eigenvalue weighted by molar-refractivity contribution is 5.99. The van der Waals surface area contributed by atoms with Gasteiger partial charge in [-0.2, -0.15) is 0 Å². The predicted molar refractivity (Wildman–Crippen MR) is 121 cm³/mol. The summed E-state index contributed by atoms with van der Waals surface area (Å²) in [5.41, 5.74) is 3.45. The first kappa shape index (κ1) is 20.4. The Bertz CT molecular complexity index is 1170. The minimum Gasteiger partial charge on any atom is -0.508 e. The van der Waals surface area contributed by atoms with Crippen molar-refractivity contribution in [2.45, 2.75) is 25.7 Å². The smallest absolute Gasteiger partial charge is 0.225 e. The van der Waals surface area contributed by atoms with Crippen LogP contribution in [0.15, 0.2) is 48.5 Å². The summed E-state index contributed by atoms with van der Waals surface area (Å²) >= 11 is 0. The van der Waals surface area contributed by atoms with Gasteiger partial charge < -0.3 is 14.9 Å². The van der Waals surface area contributed by atoms with Gasteiger partial charge in [-0.1, -0.05) is 30.3 Å². The van der Waals surface area contributed by atoms with Crippen molar-refractivity contribution in [3.8, 4) is 5.75 Å². The molecular weight excluding hydrogens is 407 g/mol. The number of phenolic OH excluding ortho intramolecular Hbond substituents is 1. The van der Waals surface area contributed by atoms with Gasteiger partial charge in [0.2, 0.25) is 5.95 Å². The van der Waals surface area contributed by atoms with Crippen molar-refractivity contribution in [1.82, 2.24) is 9.97 Å². The largest absolute Gasteiger partial charge is 0.508 e. The Balaban J connectivity index is 1.38. The van der Waals surface area contributed by atoms with E-state index in [2.05, 4.69) is 9.88 Å². The van der Waals surface area contributed by atoms with Gasteiger partial charge >= 0.3 is 0 Å². The number of anilines is 2. The third-order valence-corrected chi connectivity index (χ3v) is 6.44. The minimum atomic E-state index is -0.212. The van der Waals surface area contributed by atoms with Crippen LogP contribution in [0.5, 0.6) is 5.75 Å². The topological polar surface area (TPSA) is 69.6 Å². The lowest BCUT2D eigenvalue weighted by molar-refractivity contribution is 0.0961. The summed E-state index contributed by atoms with van der Waals surface area (Å²) in [7, 11) is 0. The minimum absolute atomic E-state index is 0.0212. The number of hydrogen-bond donors (Lipinski definition) is 1. The molecule has 0 spiro atoms. The first-order chi connectivity index (χ1) is 15.5. The normalized spacial score (nSPS) is 18.6. The van der Waals surface area contributed by atoms with E-state index in [1.807, 2.05) is 30.0 Å². The molecule has 1 saturated heterocycles. The zero-order valence-corrected chi connectivity index (χ0v) is 18.0. The number of hydrogen-bond acceptors (Lipinski definition) is 6. The van der Waals surface area contributed by atoms with E-state index >= 15 is 0 Å². The van der Waals surface area contributed by atoms with E-state index in [9.17, 15) is 14.3 Å². The fourth-order valence-electron chi connectivity index (χ4n) is 4.81. The zero-order chi connectivity index (χ0) is 22.2. The molecule has 5 rings (SSSR count). The molecule has 1 fully saturated rings. The Labute approximate surface area is 186 Å². The van der Waals surface area contributed by atoms with Gasteiger partial charge in [-0.05, 0) is 37.1 Å². The van der Waals surface area contributed by atoms with Crippen molar-refractivity contribution < 1.29 is 14.3 Å². The second-order valence-corrected chi connectivity index (χ2v) is 8.44. The van der Waals surface area contributed by atoms with Gasteiger partial charge in [0.25, 0.3) is 0 Å². The number of fused-ring (bicyclic) bond motifs is 1. The van der Waals surface area contributed by atoms with Crippen LogP contribution in [0.25, 0.3) is 0 Å². The molecule has 1 aliphatic carbocycles. The maximum atomic E-state index is 14.1. The van der Waals surface area contributed by atoms with E-state index in [1.165, 1.54) is 6.07 Å². The molecule has 6 nitrogen and oxygen atoms in total. The summed E-state index contributed by atoms with van der Waals surface area (Å²) in [5.74, 6) is 0.531. The Hall–Kier alpha value is -3.48. The van der Waals surface area contributed by atoms with E-state index in [1.54, 1.807) is 24.3 Å². The molecule has 0 amide bonds. The van der Waals surface area contributed by atoms with Crippen molar-refractivity contribution in [2.75, 3.05) is 36.0 Å². The van der Waals surface area contributed by atoms with Crippen molar-refractivity contribution in [1.29, 1.82) is 0 Å². The van der Waals surface area contributed by atoms with Crippen molar-refractivity contribution in [3.05, 3.63) is 76.9 Å². The third-order valence-electron chi connectivity index (χ3n) is 6.44. The molecule has 0 saturated carbocycles. The maximum Gasteiger partial charge on any atom is 0.225 e. The van der Waals surface area contributed by atoms with Crippen LogP contribution < -0.4 is 9.80 Å². The lowest BCUT2D eigenvalue weighted by Crippen LogP contribution is -2.47. The molecule has 2 aromatic carbocycles. The van der Waals surface area contributed by atoms with Crippen LogP contribution in [0.4, 0.5) is 16.0 Å². The van der Waals surface area contributed by atoms with Gasteiger partial charge in [0, 0.05) is 38.5 Å². The van der Waals surface area contributed by atoms with Crippen molar-refractivity contribution in [2.24, 2.45) is 0 Å². The number of aromatic nitrogens is 2. The van der Waals surface area contributed by atoms with E-state index < -0.39 is 0 Å². The molecule has 7 heteroatoms. The molecule has 1 atom stereocenters. The summed E-state index contributed by atoms with van der Waals surface area (Å²) < 4.78 is 14.1. The molecule has 1 N–H and O–H groups in total. The van der Waals surface area contributed by atoms with Crippen LogP contribution >= 0.6 is 0 Å².